The number of fused-ring (bicyclic) bond motifs is 1. The first-order valence-electron chi connectivity index (χ1n) is 7.76. The van der Waals surface area contributed by atoms with E-state index in [1.165, 1.54) is 28.6 Å². The summed E-state index contributed by atoms with van der Waals surface area (Å²) in [6.45, 7) is 1.93. The number of thiophene rings is 2. The first kappa shape index (κ1) is 16.6. The number of pyridine rings is 1. The summed E-state index contributed by atoms with van der Waals surface area (Å²) in [5.74, 6) is -0.170. The lowest BCUT2D eigenvalue weighted by Gasteiger charge is -2.04. The third-order valence-corrected chi connectivity index (χ3v) is 5.66. The van der Waals surface area contributed by atoms with Crippen LogP contribution in [0.15, 0.2) is 46.8 Å². The number of carbonyl (C=O) groups is 1. The molecule has 4 aromatic rings. The Balaban J connectivity index is 1.60. The number of nitrogens with zero attached hydrogens (tertiary/aromatic N) is 2. The van der Waals surface area contributed by atoms with E-state index >= 15 is 0 Å². The number of nitrogens with one attached hydrogen (secondary N) is 1. The highest BCUT2D eigenvalue weighted by Crippen LogP contribution is 2.34. The van der Waals surface area contributed by atoms with Crippen LogP contribution in [0, 0.1) is 6.92 Å². The molecule has 4 aromatic heterocycles. The zero-order chi connectivity index (χ0) is 18.1. The van der Waals surface area contributed by atoms with Crippen molar-refractivity contribution in [1.82, 2.24) is 15.0 Å². The number of rotatable bonds is 4. The van der Waals surface area contributed by atoms with Crippen molar-refractivity contribution in [3.05, 3.63) is 68.7 Å². The highest BCUT2D eigenvalue weighted by Gasteiger charge is 2.15. The van der Waals surface area contributed by atoms with Gasteiger partial charge in [-0.05, 0) is 31.2 Å². The van der Waals surface area contributed by atoms with Crippen LogP contribution >= 0.6 is 22.7 Å². The second-order valence-corrected chi connectivity index (χ2v) is 7.71. The normalized spacial score (nSPS) is 11.0. The summed E-state index contributed by atoms with van der Waals surface area (Å²) >= 11 is 3.04. The fourth-order valence-electron chi connectivity index (χ4n) is 2.53. The van der Waals surface area contributed by atoms with Crippen molar-refractivity contribution in [2.24, 2.45) is 0 Å². The second kappa shape index (κ2) is 6.81. The summed E-state index contributed by atoms with van der Waals surface area (Å²) in [5, 5.41) is 2.51. The summed E-state index contributed by atoms with van der Waals surface area (Å²) in [5.41, 5.74) is 1.05. The molecule has 130 valence electrons. The number of esters is 1. The number of ether oxygens (including phenoxy) is 1. The summed E-state index contributed by atoms with van der Waals surface area (Å²) < 4.78 is 5.22. The van der Waals surface area contributed by atoms with Gasteiger partial charge in [-0.2, -0.15) is 0 Å². The SMILES string of the molecule is Cc1ccc(-c2csc3nc(COC(=O)c4ccncc4)[nH]c(=O)c23)s1. The first-order chi connectivity index (χ1) is 12.6. The Hall–Kier alpha value is -2.84. The van der Waals surface area contributed by atoms with Gasteiger partial charge in [0.15, 0.2) is 0 Å². The molecule has 26 heavy (non-hydrogen) atoms. The molecule has 0 aliphatic carbocycles. The van der Waals surface area contributed by atoms with Gasteiger partial charge in [0.2, 0.25) is 0 Å². The fraction of sp³-hybridized carbons (Fsp3) is 0.111. The molecule has 0 amide bonds. The summed E-state index contributed by atoms with van der Waals surface area (Å²) in [6.07, 6.45) is 3.03. The van der Waals surface area contributed by atoms with Crippen molar-refractivity contribution < 1.29 is 9.53 Å². The zero-order valence-corrected chi connectivity index (χ0v) is 15.3. The van der Waals surface area contributed by atoms with Gasteiger partial charge in [-0.15, -0.1) is 22.7 Å². The molecule has 0 atom stereocenters. The highest BCUT2D eigenvalue weighted by molar-refractivity contribution is 7.19. The Morgan fingerprint density at radius 1 is 1.23 bits per heavy atom. The maximum atomic E-state index is 12.5. The quantitative estimate of drug-likeness (QED) is 0.542. The predicted octanol–water partition coefficient (Wildman–Crippen LogP) is 3.77. The van der Waals surface area contributed by atoms with Gasteiger partial charge < -0.3 is 9.72 Å². The minimum absolute atomic E-state index is 0.0995. The van der Waals surface area contributed by atoms with Gasteiger partial charge in [-0.25, -0.2) is 9.78 Å². The average Bonchev–Trinajstić information content (AvgIpc) is 3.26. The Labute approximate surface area is 156 Å². The Morgan fingerprint density at radius 3 is 2.77 bits per heavy atom. The molecule has 4 rings (SSSR count). The molecule has 0 spiro atoms. The largest absolute Gasteiger partial charge is 0.454 e. The van der Waals surface area contributed by atoms with Gasteiger partial charge in [-0.3, -0.25) is 9.78 Å². The number of hydrogen-bond acceptors (Lipinski definition) is 7. The molecule has 0 saturated heterocycles. The number of aromatic nitrogens is 3. The van der Waals surface area contributed by atoms with Gasteiger partial charge in [0.05, 0.1) is 10.9 Å². The van der Waals surface area contributed by atoms with Crippen molar-refractivity contribution in [2.45, 2.75) is 13.5 Å². The molecule has 6 nitrogen and oxygen atoms in total. The molecule has 0 aliphatic heterocycles. The molecule has 4 heterocycles. The molecular formula is C18H13N3O3S2. The standard InChI is InChI=1S/C18H13N3O3S2/c1-10-2-3-13(26-10)12-9-25-17-15(12)16(22)20-14(21-17)8-24-18(23)11-4-6-19-7-5-11/h2-7,9H,8H2,1H3,(H,20,21,22). The van der Waals surface area contributed by atoms with Crippen molar-refractivity contribution in [2.75, 3.05) is 0 Å². The van der Waals surface area contributed by atoms with Gasteiger partial charge in [-0.1, -0.05) is 0 Å². The lowest BCUT2D eigenvalue weighted by molar-refractivity contribution is 0.0462. The van der Waals surface area contributed by atoms with Crippen LogP contribution in [0.5, 0.6) is 0 Å². The third-order valence-electron chi connectivity index (χ3n) is 3.75. The lowest BCUT2D eigenvalue weighted by Crippen LogP contribution is -2.14. The third kappa shape index (κ3) is 3.16. The van der Waals surface area contributed by atoms with Crippen molar-refractivity contribution >= 4 is 38.9 Å². The van der Waals surface area contributed by atoms with Crippen LogP contribution in [0.4, 0.5) is 0 Å². The zero-order valence-electron chi connectivity index (χ0n) is 13.7. The maximum Gasteiger partial charge on any atom is 0.338 e. The smallest absolute Gasteiger partial charge is 0.338 e. The van der Waals surface area contributed by atoms with Crippen molar-refractivity contribution in [3.63, 3.8) is 0 Å². The Bertz CT molecular complexity index is 1150. The van der Waals surface area contributed by atoms with Crippen LogP contribution in [-0.2, 0) is 11.3 Å². The molecule has 0 unspecified atom stereocenters. The fourth-order valence-corrected chi connectivity index (χ4v) is 4.45. The van der Waals surface area contributed by atoms with Gasteiger partial charge in [0.25, 0.3) is 5.56 Å². The summed E-state index contributed by atoms with van der Waals surface area (Å²) in [6, 6.07) is 7.16. The lowest BCUT2D eigenvalue weighted by atomic mass is 10.2. The molecule has 0 bridgehead atoms. The molecule has 0 fully saturated rings. The molecule has 0 aliphatic rings. The van der Waals surface area contributed by atoms with E-state index in [9.17, 15) is 9.59 Å². The number of hydrogen-bond donors (Lipinski definition) is 1. The van der Waals surface area contributed by atoms with Crippen LogP contribution in [0.1, 0.15) is 21.1 Å². The van der Waals surface area contributed by atoms with E-state index in [1.807, 2.05) is 24.4 Å². The van der Waals surface area contributed by atoms with E-state index in [4.69, 9.17) is 4.74 Å². The number of aromatic amines is 1. The number of H-pyrrole nitrogens is 1. The molecule has 8 heteroatoms. The number of carbonyl (C=O) groups excluding carboxylic acids is 1. The number of aryl methyl sites for hydroxylation is 1. The van der Waals surface area contributed by atoms with E-state index in [0.717, 1.165) is 10.4 Å². The van der Waals surface area contributed by atoms with Gasteiger partial charge in [0.1, 0.15) is 17.3 Å². The average molecular weight is 383 g/mol. The Kier molecular flexibility index (Phi) is 4.36. The summed E-state index contributed by atoms with van der Waals surface area (Å²) in [4.78, 5) is 38.4. The van der Waals surface area contributed by atoms with Crippen molar-refractivity contribution in [1.29, 1.82) is 0 Å². The highest BCUT2D eigenvalue weighted by atomic mass is 32.1. The molecular weight excluding hydrogens is 370 g/mol. The molecule has 1 N–H and O–H groups in total. The van der Waals surface area contributed by atoms with Crippen LogP contribution in [0.25, 0.3) is 20.7 Å². The van der Waals surface area contributed by atoms with Crippen LogP contribution in [0.2, 0.25) is 0 Å². The van der Waals surface area contributed by atoms with Crippen LogP contribution in [0.3, 0.4) is 0 Å². The monoisotopic (exact) mass is 383 g/mol. The van der Waals surface area contributed by atoms with E-state index in [-0.39, 0.29) is 12.2 Å². The van der Waals surface area contributed by atoms with E-state index < -0.39 is 5.97 Å². The molecule has 0 saturated carbocycles. The molecule has 0 aromatic carbocycles. The topological polar surface area (TPSA) is 84.9 Å². The van der Waals surface area contributed by atoms with Gasteiger partial charge in [0, 0.05) is 33.1 Å². The minimum Gasteiger partial charge on any atom is -0.454 e. The first-order valence-corrected chi connectivity index (χ1v) is 9.46. The van der Waals surface area contributed by atoms with E-state index in [2.05, 4.69) is 15.0 Å². The van der Waals surface area contributed by atoms with Gasteiger partial charge >= 0.3 is 5.97 Å². The van der Waals surface area contributed by atoms with Crippen LogP contribution in [-0.4, -0.2) is 20.9 Å². The van der Waals surface area contributed by atoms with Crippen LogP contribution < -0.4 is 5.56 Å². The molecule has 0 radical (unpaired) electrons. The van der Waals surface area contributed by atoms with Crippen molar-refractivity contribution in [3.8, 4) is 10.4 Å². The Morgan fingerprint density at radius 2 is 2.04 bits per heavy atom. The van der Waals surface area contributed by atoms with E-state index in [1.54, 1.807) is 23.5 Å². The second-order valence-electron chi connectivity index (χ2n) is 5.56. The minimum atomic E-state index is -0.490. The van der Waals surface area contributed by atoms with E-state index in [0.29, 0.717) is 21.6 Å². The predicted molar refractivity (Wildman–Crippen MR) is 102 cm³/mol. The maximum absolute atomic E-state index is 12.5. The summed E-state index contributed by atoms with van der Waals surface area (Å²) in [7, 11) is 0.